The van der Waals surface area contributed by atoms with Crippen molar-refractivity contribution in [1.82, 2.24) is 20.9 Å². The minimum atomic E-state index is -4.37. The molecule has 30 heavy (non-hydrogen) atoms. The number of hydrogen-bond acceptors (Lipinski definition) is 4. The van der Waals surface area contributed by atoms with Crippen LogP contribution in [0.25, 0.3) is 0 Å². The molecule has 0 saturated carbocycles. The van der Waals surface area contributed by atoms with Crippen LogP contribution in [-0.4, -0.2) is 49.3 Å². The van der Waals surface area contributed by atoms with Gasteiger partial charge in [0.25, 0.3) is 5.91 Å². The van der Waals surface area contributed by atoms with Crippen molar-refractivity contribution in [2.24, 2.45) is 4.99 Å². The number of ether oxygens (including phenoxy) is 1. The van der Waals surface area contributed by atoms with Crippen LogP contribution in [-0.2, 0) is 6.54 Å². The molecular weight excluding hydrogens is 399 g/mol. The van der Waals surface area contributed by atoms with Crippen LogP contribution in [0.2, 0.25) is 0 Å². The average molecular weight is 423 g/mol. The highest BCUT2D eigenvalue weighted by atomic mass is 19.4. The Balaban J connectivity index is 1.78. The Labute approximate surface area is 172 Å². The van der Waals surface area contributed by atoms with Crippen molar-refractivity contribution in [2.45, 2.75) is 19.6 Å². The number of rotatable bonds is 9. The molecule has 0 radical (unpaired) electrons. The molecule has 1 heterocycles. The zero-order chi connectivity index (χ0) is 21.8. The molecule has 2 aromatic rings. The van der Waals surface area contributed by atoms with Crippen molar-refractivity contribution in [3.05, 3.63) is 59.9 Å². The Kier molecular flexibility index (Phi) is 8.92. The third-order valence-corrected chi connectivity index (χ3v) is 3.72. The zero-order valence-electron chi connectivity index (χ0n) is 16.5. The standard InChI is InChI=1S/C20H24F3N5O2/c1-2-25-19(27-11-10-26-18(29)16-4-3-9-24-13-16)28-12-15-5-7-17(8-6-15)30-14-20(21,22)23/h3-9,13H,2,10-12,14H2,1H3,(H,26,29)(H2,25,27,28). The number of guanidine groups is 1. The monoisotopic (exact) mass is 423 g/mol. The van der Waals surface area contributed by atoms with Gasteiger partial charge >= 0.3 is 6.18 Å². The number of aromatic nitrogens is 1. The van der Waals surface area contributed by atoms with Gasteiger partial charge in [-0.05, 0) is 36.8 Å². The van der Waals surface area contributed by atoms with Crippen LogP contribution < -0.4 is 20.7 Å². The maximum absolute atomic E-state index is 12.2. The summed E-state index contributed by atoms with van der Waals surface area (Å²) in [6, 6.07) is 9.65. The van der Waals surface area contributed by atoms with Gasteiger partial charge in [0.2, 0.25) is 0 Å². The number of aliphatic imine (C=N–C) groups is 1. The van der Waals surface area contributed by atoms with Crippen molar-refractivity contribution >= 4 is 11.9 Å². The van der Waals surface area contributed by atoms with E-state index in [2.05, 4.69) is 30.7 Å². The van der Waals surface area contributed by atoms with Crippen LogP contribution in [0.3, 0.4) is 0 Å². The molecule has 10 heteroatoms. The lowest BCUT2D eigenvalue weighted by atomic mass is 10.2. The van der Waals surface area contributed by atoms with Gasteiger partial charge in [-0.3, -0.25) is 9.78 Å². The zero-order valence-corrected chi connectivity index (χ0v) is 16.5. The molecule has 0 atom stereocenters. The van der Waals surface area contributed by atoms with E-state index in [9.17, 15) is 18.0 Å². The summed E-state index contributed by atoms with van der Waals surface area (Å²) in [5, 5.41) is 8.97. The maximum Gasteiger partial charge on any atom is 0.422 e. The minimum absolute atomic E-state index is 0.148. The topological polar surface area (TPSA) is 87.6 Å². The number of amides is 1. The van der Waals surface area contributed by atoms with E-state index in [1.54, 1.807) is 30.5 Å². The second-order valence-electron chi connectivity index (χ2n) is 6.17. The fourth-order valence-corrected chi connectivity index (χ4v) is 2.32. The quantitative estimate of drug-likeness (QED) is 0.328. The lowest BCUT2D eigenvalue weighted by Gasteiger charge is -2.12. The van der Waals surface area contributed by atoms with Crippen LogP contribution in [0.1, 0.15) is 22.8 Å². The molecule has 7 nitrogen and oxygen atoms in total. The van der Waals surface area contributed by atoms with Crippen LogP contribution in [0.4, 0.5) is 13.2 Å². The van der Waals surface area contributed by atoms with E-state index in [0.717, 1.165) is 5.56 Å². The summed E-state index contributed by atoms with van der Waals surface area (Å²) in [5.41, 5.74) is 1.30. The molecule has 0 saturated heterocycles. The lowest BCUT2D eigenvalue weighted by molar-refractivity contribution is -0.153. The van der Waals surface area contributed by atoms with Crippen LogP contribution in [0.5, 0.6) is 5.75 Å². The molecule has 2 rings (SSSR count). The fraction of sp³-hybridized carbons (Fsp3) is 0.350. The summed E-state index contributed by atoms with van der Waals surface area (Å²) in [4.78, 5) is 20.3. The van der Waals surface area contributed by atoms with Crippen LogP contribution in [0, 0.1) is 0 Å². The first kappa shape index (κ1) is 23.0. The van der Waals surface area contributed by atoms with Gasteiger partial charge in [-0.15, -0.1) is 0 Å². The number of carbonyl (C=O) groups is 1. The van der Waals surface area contributed by atoms with Gasteiger partial charge in [0.15, 0.2) is 12.6 Å². The number of nitrogens with zero attached hydrogens (tertiary/aromatic N) is 2. The minimum Gasteiger partial charge on any atom is -0.484 e. The number of hydrogen-bond donors (Lipinski definition) is 3. The molecule has 0 aliphatic rings. The highest BCUT2D eigenvalue weighted by Crippen LogP contribution is 2.19. The van der Waals surface area contributed by atoms with Crippen molar-refractivity contribution in [1.29, 1.82) is 0 Å². The lowest BCUT2D eigenvalue weighted by Crippen LogP contribution is -2.41. The molecule has 1 aromatic carbocycles. The van der Waals surface area contributed by atoms with E-state index in [-0.39, 0.29) is 11.7 Å². The number of halogens is 3. The molecule has 0 unspecified atom stereocenters. The molecule has 1 amide bonds. The molecule has 0 spiro atoms. The number of benzene rings is 1. The number of alkyl halides is 3. The summed E-state index contributed by atoms with van der Waals surface area (Å²) in [6.45, 7) is 2.44. The number of pyridine rings is 1. The Morgan fingerprint density at radius 3 is 2.47 bits per heavy atom. The summed E-state index contributed by atoms with van der Waals surface area (Å²) in [6.07, 6.45) is -1.28. The maximum atomic E-state index is 12.2. The second-order valence-corrected chi connectivity index (χ2v) is 6.17. The molecule has 0 bridgehead atoms. The second kappa shape index (κ2) is 11.6. The SMILES string of the molecule is CCNC(=NCc1ccc(OCC(F)(F)F)cc1)NCCNC(=O)c1cccnc1. The van der Waals surface area contributed by atoms with Gasteiger partial charge in [0.1, 0.15) is 5.75 Å². The largest absolute Gasteiger partial charge is 0.484 e. The van der Waals surface area contributed by atoms with Crippen molar-refractivity contribution < 1.29 is 22.7 Å². The molecular formula is C20H24F3N5O2. The van der Waals surface area contributed by atoms with Crippen molar-refractivity contribution in [3.8, 4) is 5.75 Å². The third kappa shape index (κ3) is 8.80. The number of nitrogens with one attached hydrogen (secondary N) is 3. The van der Waals surface area contributed by atoms with Crippen molar-refractivity contribution in [3.63, 3.8) is 0 Å². The highest BCUT2D eigenvalue weighted by molar-refractivity contribution is 5.93. The molecule has 0 fully saturated rings. The molecule has 1 aromatic heterocycles. The van der Waals surface area contributed by atoms with E-state index in [4.69, 9.17) is 0 Å². The summed E-state index contributed by atoms with van der Waals surface area (Å²) >= 11 is 0. The predicted molar refractivity (Wildman–Crippen MR) is 107 cm³/mol. The molecule has 0 aliphatic heterocycles. The molecule has 162 valence electrons. The predicted octanol–water partition coefficient (Wildman–Crippen LogP) is 2.51. The van der Waals surface area contributed by atoms with Gasteiger partial charge in [-0.25, -0.2) is 4.99 Å². The Bertz CT molecular complexity index is 811. The van der Waals surface area contributed by atoms with Gasteiger partial charge < -0.3 is 20.7 Å². The Hall–Kier alpha value is -3.30. The summed E-state index contributed by atoms with van der Waals surface area (Å²) in [7, 11) is 0. The van der Waals surface area contributed by atoms with Crippen LogP contribution >= 0.6 is 0 Å². The molecule has 0 aliphatic carbocycles. The third-order valence-electron chi connectivity index (χ3n) is 3.72. The van der Waals surface area contributed by atoms with E-state index in [1.807, 2.05) is 6.92 Å². The van der Waals surface area contributed by atoms with Crippen molar-refractivity contribution in [2.75, 3.05) is 26.2 Å². The number of carbonyl (C=O) groups excluding carboxylic acids is 1. The first-order valence-corrected chi connectivity index (χ1v) is 9.36. The van der Waals surface area contributed by atoms with Gasteiger partial charge in [0.05, 0.1) is 12.1 Å². The first-order valence-electron chi connectivity index (χ1n) is 9.36. The smallest absolute Gasteiger partial charge is 0.422 e. The average Bonchev–Trinajstić information content (AvgIpc) is 2.74. The normalized spacial score (nSPS) is 11.7. The van der Waals surface area contributed by atoms with E-state index >= 15 is 0 Å². The summed E-state index contributed by atoms with van der Waals surface area (Å²) < 4.78 is 41.2. The van der Waals surface area contributed by atoms with E-state index in [0.29, 0.717) is 37.7 Å². The summed E-state index contributed by atoms with van der Waals surface area (Å²) in [5.74, 6) is 0.500. The van der Waals surface area contributed by atoms with Gasteiger partial charge in [-0.1, -0.05) is 12.1 Å². The fourth-order valence-electron chi connectivity index (χ4n) is 2.32. The van der Waals surface area contributed by atoms with E-state index < -0.39 is 12.8 Å². The Morgan fingerprint density at radius 1 is 1.10 bits per heavy atom. The van der Waals surface area contributed by atoms with Gasteiger partial charge in [0, 0.05) is 32.0 Å². The highest BCUT2D eigenvalue weighted by Gasteiger charge is 2.28. The van der Waals surface area contributed by atoms with Crippen LogP contribution in [0.15, 0.2) is 53.8 Å². The van der Waals surface area contributed by atoms with E-state index in [1.165, 1.54) is 18.3 Å². The Morgan fingerprint density at radius 2 is 1.83 bits per heavy atom. The molecule has 3 N–H and O–H groups in total. The van der Waals surface area contributed by atoms with Gasteiger partial charge in [-0.2, -0.15) is 13.2 Å². The first-order chi connectivity index (χ1) is 14.4.